The van der Waals surface area contributed by atoms with Gasteiger partial charge in [-0.3, -0.25) is 0 Å². The van der Waals surface area contributed by atoms with Crippen molar-refractivity contribution in [3.8, 4) is 0 Å². The van der Waals surface area contributed by atoms with Crippen molar-refractivity contribution in [2.75, 3.05) is 0 Å². The summed E-state index contributed by atoms with van der Waals surface area (Å²) in [4.78, 5) is 0. The zero-order valence-electron chi connectivity index (χ0n) is 12.9. The molecule has 0 N–H and O–H groups in total. The van der Waals surface area contributed by atoms with Gasteiger partial charge in [-0.15, -0.1) is 39.7 Å². The van der Waals surface area contributed by atoms with Gasteiger partial charge in [0.1, 0.15) is 0 Å². The average Bonchev–Trinajstić information content (AvgIpc) is 3.26. The smallest absolute Gasteiger partial charge is 0.0771 e. The summed E-state index contributed by atoms with van der Waals surface area (Å²) >= 11 is -1.76. The van der Waals surface area contributed by atoms with E-state index in [0.29, 0.717) is 0 Å². The molecule has 0 spiro atoms. The monoisotopic (exact) mass is 418 g/mol. The van der Waals surface area contributed by atoms with Crippen LogP contribution in [0.4, 0.5) is 0 Å². The Bertz CT molecular complexity index is 786. The summed E-state index contributed by atoms with van der Waals surface area (Å²) in [6.07, 6.45) is 0. The van der Waals surface area contributed by atoms with E-state index in [-0.39, 0.29) is 0 Å². The van der Waals surface area contributed by atoms with Crippen LogP contribution in [0.3, 0.4) is 0 Å². The zero-order valence-corrected chi connectivity index (χ0v) is 16.9. The second-order valence-electron chi connectivity index (χ2n) is 4.86. The average molecular weight is 420 g/mol. The zero-order chi connectivity index (χ0) is 16.5. The first-order chi connectivity index (χ1) is 11.2. The topological polar surface area (TPSA) is 0 Å². The number of rotatable bonds is 0. The molecule has 0 radical (unpaired) electrons. The predicted molar refractivity (Wildman–Crippen MR) is 103 cm³/mol. The van der Waals surface area contributed by atoms with E-state index in [4.69, 9.17) is 17.0 Å². The van der Waals surface area contributed by atoms with Crippen LogP contribution < -0.4 is 0 Å². The molecule has 0 saturated heterocycles. The van der Waals surface area contributed by atoms with E-state index >= 15 is 0 Å². The van der Waals surface area contributed by atoms with Crippen molar-refractivity contribution in [3.05, 3.63) is 84.9 Å². The van der Waals surface area contributed by atoms with Gasteiger partial charge in [0, 0.05) is 0 Å². The minimum Gasteiger partial charge on any atom is -0.214 e. The summed E-state index contributed by atoms with van der Waals surface area (Å²) in [6, 6.07) is 29.3. The van der Waals surface area contributed by atoms with E-state index in [1.807, 2.05) is 41.0 Å². The molecular formula is C20H18Cl2Zr-2. The molecule has 0 aliphatic rings. The van der Waals surface area contributed by atoms with Gasteiger partial charge in [-0.25, -0.2) is 12.1 Å². The Labute approximate surface area is 152 Å². The van der Waals surface area contributed by atoms with Crippen molar-refractivity contribution >= 4 is 42.3 Å². The summed E-state index contributed by atoms with van der Waals surface area (Å²) in [5.74, 6) is 0. The summed E-state index contributed by atoms with van der Waals surface area (Å²) < 4.78 is 1.89. The van der Waals surface area contributed by atoms with E-state index < -0.39 is 18.9 Å². The molecule has 23 heavy (non-hydrogen) atoms. The molecule has 4 rings (SSSR count). The van der Waals surface area contributed by atoms with Gasteiger partial charge in [-0.1, -0.05) is 36.4 Å². The molecule has 4 aromatic carbocycles. The van der Waals surface area contributed by atoms with Gasteiger partial charge in [-0.2, -0.15) is 18.2 Å². The SMILES string of the molecule is C[CH]=[Zr]([Cl])[Cl].c1cc[cH-]c1.c1ccc2c(c1)[cH-]c1ccccc12. The fourth-order valence-electron chi connectivity index (χ4n) is 2.22. The van der Waals surface area contributed by atoms with Gasteiger partial charge >= 0.3 is 46.5 Å². The summed E-state index contributed by atoms with van der Waals surface area (Å²) in [5, 5.41) is 5.39. The molecule has 118 valence electrons. The largest absolute Gasteiger partial charge is 0.214 e. The van der Waals surface area contributed by atoms with Crippen LogP contribution in [-0.2, 0) is 18.9 Å². The molecule has 0 saturated carbocycles. The third kappa shape index (κ3) is 5.85. The van der Waals surface area contributed by atoms with E-state index in [0.717, 1.165) is 0 Å². The Morgan fingerprint density at radius 1 is 0.783 bits per heavy atom. The molecule has 0 nitrogen and oxygen atoms in total. The van der Waals surface area contributed by atoms with Crippen LogP contribution in [0.5, 0.6) is 0 Å². The van der Waals surface area contributed by atoms with Crippen molar-refractivity contribution in [1.82, 2.24) is 0 Å². The fourth-order valence-corrected chi connectivity index (χ4v) is 2.22. The van der Waals surface area contributed by atoms with Crippen molar-refractivity contribution in [1.29, 1.82) is 0 Å². The van der Waals surface area contributed by atoms with Crippen LogP contribution in [0.15, 0.2) is 84.9 Å². The Hall–Kier alpha value is -1.01. The van der Waals surface area contributed by atoms with Crippen LogP contribution in [-0.4, -0.2) is 3.71 Å². The number of hydrogen-bond donors (Lipinski definition) is 0. The fraction of sp³-hybridized carbons (Fsp3) is 0.0500. The Morgan fingerprint density at radius 3 is 1.57 bits per heavy atom. The molecule has 3 heteroatoms. The van der Waals surface area contributed by atoms with E-state index in [9.17, 15) is 0 Å². The number of benzene rings is 2. The van der Waals surface area contributed by atoms with Gasteiger partial charge in [-0.05, 0) is 0 Å². The molecule has 0 unspecified atom stereocenters. The molecule has 4 aromatic rings. The summed E-state index contributed by atoms with van der Waals surface area (Å²) in [7, 11) is 10.7. The quantitative estimate of drug-likeness (QED) is 0.273. The van der Waals surface area contributed by atoms with Gasteiger partial charge in [0.05, 0.1) is 0 Å². The molecule has 0 aliphatic carbocycles. The van der Waals surface area contributed by atoms with E-state index in [2.05, 4.69) is 54.6 Å². The number of hydrogen-bond acceptors (Lipinski definition) is 0. The van der Waals surface area contributed by atoms with Gasteiger partial charge in [0.2, 0.25) is 0 Å². The molecule has 0 bridgehead atoms. The number of halogens is 2. The second-order valence-corrected chi connectivity index (χ2v) is 13.7. The molecule has 0 aromatic heterocycles. The maximum atomic E-state index is 5.37. The molecule has 0 atom stereocenters. The summed E-state index contributed by atoms with van der Waals surface area (Å²) in [5.41, 5.74) is 0. The minimum absolute atomic E-state index is 1.34. The maximum absolute atomic E-state index is 5.37. The normalized spacial score (nSPS) is 9.52. The molecule has 0 amide bonds. The number of fused-ring (bicyclic) bond motifs is 3. The first kappa shape index (κ1) is 18.3. The molecule has 0 heterocycles. The van der Waals surface area contributed by atoms with Crippen molar-refractivity contribution < 1.29 is 18.9 Å². The van der Waals surface area contributed by atoms with Gasteiger partial charge in [0.25, 0.3) is 0 Å². The molecule has 0 fully saturated rings. The van der Waals surface area contributed by atoms with Crippen LogP contribution in [0.2, 0.25) is 0 Å². The Kier molecular flexibility index (Phi) is 7.96. The van der Waals surface area contributed by atoms with E-state index in [1.54, 1.807) is 0 Å². The van der Waals surface area contributed by atoms with Crippen LogP contribution in [0.25, 0.3) is 21.5 Å². The van der Waals surface area contributed by atoms with Crippen molar-refractivity contribution in [3.63, 3.8) is 0 Å². The first-order valence-corrected chi connectivity index (χ1v) is 15.1. The third-order valence-corrected chi connectivity index (χ3v) is 6.95. The van der Waals surface area contributed by atoms with Crippen molar-refractivity contribution in [2.24, 2.45) is 0 Å². The minimum atomic E-state index is -1.76. The van der Waals surface area contributed by atoms with Crippen LogP contribution in [0.1, 0.15) is 6.92 Å². The second kappa shape index (κ2) is 9.98. The van der Waals surface area contributed by atoms with Crippen molar-refractivity contribution in [2.45, 2.75) is 6.92 Å². The third-order valence-electron chi connectivity index (χ3n) is 3.30. The first-order valence-electron chi connectivity index (χ1n) is 7.39. The molecule has 0 aliphatic heterocycles. The standard InChI is InChI=1S/C13H9.C5H5.C2H4.2ClH.Zr/c1-3-7-12-10(5-1)9-11-6-2-4-8-13(11)12;1-2-4-5-3-1;1-2;;;/h1-9H;1-5H;1H,2H3;2*1H;/q2*-1;;;;+2/p-2. The van der Waals surface area contributed by atoms with Gasteiger partial charge in [0.15, 0.2) is 0 Å². The maximum Gasteiger partial charge on any atom is -0.0771 e. The van der Waals surface area contributed by atoms with Crippen LogP contribution in [0, 0.1) is 0 Å². The van der Waals surface area contributed by atoms with Crippen LogP contribution >= 0.6 is 17.0 Å². The van der Waals surface area contributed by atoms with E-state index in [1.165, 1.54) is 21.5 Å². The Balaban J connectivity index is 0.000000160. The van der Waals surface area contributed by atoms with Gasteiger partial charge < -0.3 is 0 Å². The Morgan fingerprint density at radius 2 is 1.22 bits per heavy atom. The predicted octanol–water partition coefficient (Wildman–Crippen LogP) is 6.85. The summed E-state index contributed by atoms with van der Waals surface area (Å²) in [6.45, 7) is 1.90. The molecular weight excluding hydrogens is 402 g/mol.